The fourth-order valence-electron chi connectivity index (χ4n) is 2.74. The number of carbonyl (C=O) groups excluding carboxylic acids is 3. The van der Waals surface area contributed by atoms with Gasteiger partial charge in [-0.1, -0.05) is 0 Å². The largest absolute Gasteiger partial charge is 0.340 e. The van der Waals surface area contributed by atoms with Gasteiger partial charge < -0.3 is 10.2 Å². The third kappa shape index (κ3) is 1.90. The summed E-state index contributed by atoms with van der Waals surface area (Å²) >= 11 is 0. The number of nitrogens with zero attached hydrogens (tertiary/aromatic N) is 2. The molecule has 3 aliphatic rings. The first-order valence-electron chi connectivity index (χ1n) is 6.52. The molecule has 0 aromatic carbocycles. The molecule has 2 saturated heterocycles. The summed E-state index contributed by atoms with van der Waals surface area (Å²) in [5, 5.41) is 3.22. The van der Waals surface area contributed by atoms with Gasteiger partial charge in [-0.2, -0.15) is 0 Å². The van der Waals surface area contributed by atoms with E-state index in [1.807, 2.05) is 0 Å². The first-order valence-corrected chi connectivity index (χ1v) is 6.52. The smallest absolute Gasteiger partial charge is 0.242 e. The molecule has 6 heteroatoms. The van der Waals surface area contributed by atoms with Crippen LogP contribution in [0, 0.1) is 11.8 Å². The van der Waals surface area contributed by atoms with E-state index in [9.17, 15) is 14.4 Å². The second-order valence-corrected chi connectivity index (χ2v) is 5.20. The monoisotopic (exact) mass is 251 g/mol. The Bertz CT molecular complexity index is 381. The lowest BCUT2D eigenvalue weighted by molar-refractivity contribution is -0.147. The average Bonchev–Trinajstić information content (AvgIpc) is 3.12. The zero-order chi connectivity index (χ0) is 12.7. The predicted octanol–water partition coefficient (Wildman–Crippen LogP) is -1.19. The third-order valence-electron chi connectivity index (χ3n) is 3.94. The minimum atomic E-state index is -0.147. The van der Waals surface area contributed by atoms with E-state index in [2.05, 4.69) is 5.32 Å². The minimum absolute atomic E-state index is 0.0648. The Hall–Kier alpha value is -1.43. The molecule has 2 atom stereocenters. The van der Waals surface area contributed by atoms with E-state index in [0.717, 1.165) is 24.4 Å². The lowest BCUT2D eigenvalue weighted by atomic mass is 10.3. The van der Waals surface area contributed by atoms with Gasteiger partial charge in [-0.25, -0.2) is 0 Å². The molecule has 1 saturated carbocycles. The minimum Gasteiger partial charge on any atom is -0.340 e. The van der Waals surface area contributed by atoms with Crippen LogP contribution in [0.4, 0.5) is 0 Å². The number of carbonyl (C=O) groups is 3. The standard InChI is InChI=1S/C12H17N3O3/c16-10(14-4-1-2-13-3-5-14)7-15-11(17)8-6-9(8)12(15)18/h8-9,13H,1-7H2. The number of imide groups is 1. The van der Waals surface area contributed by atoms with Crippen molar-refractivity contribution in [2.75, 3.05) is 32.7 Å². The van der Waals surface area contributed by atoms with Gasteiger partial charge in [0.25, 0.3) is 0 Å². The van der Waals surface area contributed by atoms with Crippen molar-refractivity contribution in [3.63, 3.8) is 0 Å². The second-order valence-electron chi connectivity index (χ2n) is 5.20. The molecule has 18 heavy (non-hydrogen) atoms. The highest BCUT2D eigenvalue weighted by Gasteiger charge is 2.59. The van der Waals surface area contributed by atoms with Crippen molar-refractivity contribution in [3.8, 4) is 0 Å². The summed E-state index contributed by atoms with van der Waals surface area (Å²) in [4.78, 5) is 38.5. The molecule has 1 aliphatic carbocycles. The normalized spacial score (nSPS) is 31.3. The van der Waals surface area contributed by atoms with Crippen LogP contribution >= 0.6 is 0 Å². The van der Waals surface area contributed by atoms with Gasteiger partial charge in [0.15, 0.2) is 0 Å². The van der Waals surface area contributed by atoms with Crippen LogP contribution in [0.5, 0.6) is 0 Å². The first-order chi connectivity index (χ1) is 8.68. The number of fused-ring (bicyclic) bond motifs is 1. The van der Waals surface area contributed by atoms with E-state index in [1.54, 1.807) is 4.90 Å². The number of rotatable bonds is 2. The van der Waals surface area contributed by atoms with Gasteiger partial charge in [0, 0.05) is 19.6 Å². The van der Waals surface area contributed by atoms with Crippen LogP contribution in [0.15, 0.2) is 0 Å². The zero-order valence-corrected chi connectivity index (χ0v) is 10.2. The maximum Gasteiger partial charge on any atom is 0.242 e. The van der Waals surface area contributed by atoms with E-state index in [1.165, 1.54) is 0 Å². The van der Waals surface area contributed by atoms with E-state index >= 15 is 0 Å². The van der Waals surface area contributed by atoms with Crippen molar-refractivity contribution in [2.24, 2.45) is 11.8 Å². The molecule has 3 rings (SSSR count). The van der Waals surface area contributed by atoms with Gasteiger partial charge in [-0.15, -0.1) is 0 Å². The lowest BCUT2D eigenvalue weighted by Gasteiger charge is -2.23. The quantitative estimate of drug-likeness (QED) is 0.627. The topological polar surface area (TPSA) is 69.7 Å². The maximum atomic E-state index is 12.1. The fourth-order valence-corrected chi connectivity index (χ4v) is 2.74. The molecule has 3 fully saturated rings. The van der Waals surface area contributed by atoms with Gasteiger partial charge >= 0.3 is 0 Å². The molecule has 0 spiro atoms. The first kappa shape index (κ1) is 11.6. The van der Waals surface area contributed by atoms with Gasteiger partial charge in [0.05, 0.1) is 11.8 Å². The highest BCUT2D eigenvalue weighted by atomic mass is 16.2. The van der Waals surface area contributed by atoms with E-state index in [4.69, 9.17) is 0 Å². The molecule has 2 unspecified atom stereocenters. The Morgan fingerprint density at radius 2 is 1.89 bits per heavy atom. The number of hydrogen-bond acceptors (Lipinski definition) is 4. The number of piperidine rings is 1. The van der Waals surface area contributed by atoms with Crippen LogP contribution in [0.3, 0.4) is 0 Å². The van der Waals surface area contributed by atoms with Crippen molar-refractivity contribution in [2.45, 2.75) is 12.8 Å². The third-order valence-corrected chi connectivity index (χ3v) is 3.94. The highest BCUT2D eigenvalue weighted by molar-refractivity contribution is 6.10. The molecular weight excluding hydrogens is 234 g/mol. The van der Waals surface area contributed by atoms with Crippen LogP contribution < -0.4 is 5.32 Å². The average molecular weight is 251 g/mol. The molecule has 98 valence electrons. The Kier molecular flexibility index (Phi) is 2.81. The van der Waals surface area contributed by atoms with Crippen LogP contribution in [0.1, 0.15) is 12.8 Å². The van der Waals surface area contributed by atoms with Crippen LogP contribution in [-0.2, 0) is 14.4 Å². The Morgan fingerprint density at radius 1 is 1.17 bits per heavy atom. The summed E-state index contributed by atoms with van der Waals surface area (Å²) in [7, 11) is 0. The summed E-state index contributed by atoms with van der Waals surface area (Å²) in [6.45, 7) is 2.98. The number of nitrogens with one attached hydrogen (secondary N) is 1. The molecule has 0 aromatic rings. The zero-order valence-electron chi connectivity index (χ0n) is 10.2. The molecule has 3 amide bonds. The van der Waals surface area contributed by atoms with Crippen molar-refractivity contribution in [1.82, 2.24) is 15.1 Å². The summed E-state index contributed by atoms with van der Waals surface area (Å²) in [6, 6.07) is 0. The maximum absolute atomic E-state index is 12.1. The Morgan fingerprint density at radius 3 is 2.61 bits per heavy atom. The summed E-state index contributed by atoms with van der Waals surface area (Å²) in [5.41, 5.74) is 0. The molecule has 6 nitrogen and oxygen atoms in total. The molecule has 2 heterocycles. The molecular formula is C12H17N3O3. The van der Waals surface area contributed by atoms with E-state index < -0.39 is 0 Å². The summed E-state index contributed by atoms with van der Waals surface area (Å²) in [6.07, 6.45) is 1.61. The SMILES string of the molecule is O=C(CN1C(=O)C2CC2C1=O)N1CCCNCC1. The van der Waals surface area contributed by atoms with Crippen LogP contribution in [-0.4, -0.2) is 60.2 Å². The van der Waals surface area contributed by atoms with Gasteiger partial charge in [-0.05, 0) is 19.4 Å². The highest BCUT2D eigenvalue weighted by Crippen LogP contribution is 2.46. The molecule has 0 aromatic heterocycles. The molecule has 0 bridgehead atoms. The van der Waals surface area contributed by atoms with Crippen molar-refractivity contribution in [1.29, 1.82) is 0 Å². The number of hydrogen-bond donors (Lipinski definition) is 1. The number of amides is 3. The van der Waals surface area contributed by atoms with Crippen LogP contribution in [0.2, 0.25) is 0 Å². The predicted molar refractivity (Wildman–Crippen MR) is 62.4 cm³/mol. The van der Waals surface area contributed by atoms with Gasteiger partial charge in [0.1, 0.15) is 6.54 Å². The summed E-state index contributed by atoms with van der Waals surface area (Å²) in [5.74, 6) is -0.633. The molecule has 2 aliphatic heterocycles. The van der Waals surface area contributed by atoms with Crippen molar-refractivity contribution in [3.05, 3.63) is 0 Å². The van der Waals surface area contributed by atoms with Gasteiger partial charge in [-0.3, -0.25) is 19.3 Å². The van der Waals surface area contributed by atoms with Crippen molar-refractivity contribution >= 4 is 17.7 Å². The Labute approximate surface area is 105 Å². The van der Waals surface area contributed by atoms with E-state index in [-0.39, 0.29) is 36.1 Å². The second kappa shape index (κ2) is 4.35. The van der Waals surface area contributed by atoms with E-state index in [0.29, 0.717) is 19.5 Å². The van der Waals surface area contributed by atoms with Crippen LogP contribution in [0.25, 0.3) is 0 Å². The van der Waals surface area contributed by atoms with Crippen molar-refractivity contribution < 1.29 is 14.4 Å². The van der Waals surface area contributed by atoms with Gasteiger partial charge in [0.2, 0.25) is 17.7 Å². The molecule has 1 N–H and O–H groups in total. The fraction of sp³-hybridized carbons (Fsp3) is 0.750. The molecule has 0 radical (unpaired) electrons. The summed E-state index contributed by atoms with van der Waals surface area (Å²) < 4.78 is 0. The number of likely N-dealkylation sites (tertiary alicyclic amines) is 1. The lowest BCUT2D eigenvalue weighted by Crippen LogP contribution is -2.44. The Balaban J connectivity index is 1.60.